The molecule has 0 bridgehead atoms. The minimum Gasteiger partial charge on any atom is -0.480 e. The van der Waals surface area contributed by atoms with Gasteiger partial charge in [-0.05, 0) is 54.7 Å². The highest BCUT2D eigenvalue weighted by atomic mass is 16.4. The number of carbonyl (C=O) groups excluding carboxylic acids is 2. The van der Waals surface area contributed by atoms with Crippen molar-refractivity contribution in [2.45, 2.75) is 61.9 Å². The second kappa shape index (κ2) is 7.85. The Morgan fingerprint density at radius 2 is 1.72 bits per heavy atom. The number of hydrogen-bond acceptors (Lipinski definition) is 5. The van der Waals surface area contributed by atoms with Gasteiger partial charge in [0.25, 0.3) is 0 Å². The molecule has 2 aliphatic carbocycles. The minimum atomic E-state index is -1.86. The first-order chi connectivity index (χ1) is 15.4. The number of carbonyl (C=O) groups is 3. The fourth-order valence-corrected chi connectivity index (χ4v) is 5.71. The third kappa shape index (κ3) is 3.52. The molecule has 2 aromatic carbocycles. The van der Waals surface area contributed by atoms with Crippen LogP contribution in [0.4, 0.5) is 5.69 Å². The van der Waals surface area contributed by atoms with Gasteiger partial charge in [-0.2, -0.15) is 0 Å². The molecular weight excluding hydrogens is 404 g/mol. The van der Waals surface area contributed by atoms with Crippen LogP contribution in [0, 0.1) is 5.92 Å². The van der Waals surface area contributed by atoms with Gasteiger partial charge in [0.2, 0.25) is 11.6 Å². The highest BCUT2D eigenvalue weighted by Crippen LogP contribution is 2.50. The summed E-state index contributed by atoms with van der Waals surface area (Å²) in [5.74, 6) is -2.65. The topological polar surface area (TPSA) is 109 Å². The first-order valence-corrected chi connectivity index (χ1v) is 11.4. The van der Waals surface area contributed by atoms with E-state index in [-0.39, 0.29) is 17.5 Å². The van der Waals surface area contributed by atoms with Crippen LogP contribution in [0.3, 0.4) is 0 Å². The van der Waals surface area contributed by atoms with Gasteiger partial charge in [-0.3, -0.25) is 14.4 Å². The SMILES string of the molecule is NC(CC(=O)C(=O)c1ccc(C2CC2)cc1)(C(=O)O)C1c2ccccc2NC2CCCC21. The standard InChI is InChI=1S/C26H28N2O4/c27-26(25(31)32,14-22(29)24(30)17-12-10-16(11-13-17)15-8-9-15)23-18-4-1-2-6-20(18)28-21-7-3-5-19(21)23/h1-2,4,6,10-13,15,19,21,23,28H,3,5,7-9,14,27H2,(H,31,32). The van der Waals surface area contributed by atoms with E-state index in [0.29, 0.717) is 5.92 Å². The molecule has 0 radical (unpaired) electrons. The molecule has 2 fully saturated rings. The Morgan fingerprint density at radius 3 is 2.41 bits per heavy atom. The van der Waals surface area contributed by atoms with Crippen molar-refractivity contribution in [3.8, 4) is 0 Å². The molecule has 2 aromatic rings. The van der Waals surface area contributed by atoms with E-state index >= 15 is 0 Å². The average molecular weight is 433 g/mol. The Labute approximate surface area is 187 Å². The number of carboxylic acid groups (broad SMARTS) is 1. The number of nitrogens with two attached hydrogens (primary N) is 1. The number of anilines is 1. The van der Waals surface area contributed by atoms with E-state index in [2.05, 4.69) is 5.32 Å². The van der Waals surface area contributed by atoms with Crippen LogP contribution >= 0.6 is 0 Å². The molecule has 6 nitrogen and oxygen atoms in total. The summed E-state index contributed by atoms with van der Waals surface area (Å²) in [6.45, 7) is 0. The van der Waals surface area contributed by atoms with E-state index in [1.165, 1.54) is 5.56 Å². The van der Waals surface area contributed by atoms with E-state index < -0.39 is 35.4 Å². The third-order valence-corrected chi connectivity index (χ3v) is 7.52. The lowest BCUT2D eigenvalue weighted by molar-refractivity contribution is -0.146. The Morgan fingerprint density at radius 1 is 1.00 bits per heavy atom. The average Bonchev–Trinajstić information content (AvgIpc) is 3.54. The van der Waals surface area contributed by atoms with Crippen LogP contribution in [0.2, 0.25) is 0 Å². The van der Waals surface area contributed by atoms with Gasteiger partial charge in [0, 0.05) is 29.6 Å². The van der Waals surface area contributed by atoms with Gasteiger partial charge in [0.15, 0.2) is 0 Å². The largest absolute Gasteiger partial charge is 0.480 e. The molecule has 1 aliphatic heterocycles. The van der Waals surface area contributed by atoms with Crippen molar-refractivity contribution in [2.75, 3.05) is 5.32 Å². The van der Waals surface area contributed by atoms with Crippen molar-refractivity contribution in [3.63, 3.8) is 0 Å². The molecule has 0 aromatic heterocycles. The molecule has 32 heavy (non-hydrogen) atoms. The van der Waals surface area contributed by atoms with Gasteiger partial charge < -0.3 is 16.2 Å². The van der Waals surface area contributed by atoms with Gasteiger partial charge >= 0.3 is 5.97 Å². The van der Waals surface area contributed by atoms with Crippen LogP contribution in [0.25, 0.3) is 0 Å². The zero-order valence-electron chi connectivity index (χ0n) is 17.9. The molecule has 6 heteroatoms. The van der Waals surface area contributed by atoms with Crippen molar-refractivity contribution in [3.05, 3.63) is 65.2 Å². The quantitative estimate of drug-likeness (QED) is 0.453. The number of carboxylic acids is 1. The summed E-state index contributed by atoms with van der Waals surface area (Å²) in [5.41, 5.74) is 7.86. The van der Waals surface area contributed by atoms with Crippen molar-refractivity contribution >= 4 is 23.2 Å². The monoisotopic (exact) mass is 432 g/mol. The lowest BCUT2D eigenvalue weighted by Crippen LogP contribution is -2.59. The smallest absolute Gasteiger partial charge is 0.324 e. The molecule has 2 saturated carbocycles. The van der Waals surface area contributed by atoms with Crippen LogP contribution in [0.5, 0.6) is 0 Å². The van der Waals surface area contributed by atoms with Crippen molar-refractivity contribution in [1.82, 2.24) is 0 Å². The van der Waals surface area contributed by atoms with E-state index in [9.17, 15) is 19.5 Å². The molecule has 4 unspecified atom stereocenters. The number of aliphatic carboxylic acids is 1. The second-order valence-corrected chi connectivity index (χ2v) is 9.58. The summed E-state index contributed by atoms with van der Waals surface area (Å²) in [6, 6.07) is 14.8. The summed E-state index contributed by atoms with van der Waals surface area (Å²) < 4.78 is 0. The predicted molar refractivity (Wildman–Crippen MR) is 121 cm³/mol. The summed E-state index contributed by atoms with van der Waals surface area (Å²) >= 11 is 0. The number of rotatable bonds is 7. The second-order valence-electron chi connectivity index (χ2n) is 9.58. The van der Waals surface area contributed by atoms with Gasteiger partial charge in [0.05, 0.1) is 0 Å². The van der Waals surface area contributed by atoms with E-state index in [1.807, 2.05) is 36.4 Å². The minimum absolute atomic E-state index is 0.00623. The van der Waals surface area contributed by atoms with Crippen LogP contribution in [-0.4, -0.2) is 34.2 Å². The summed E-state index contributed by atoms with van der Waals surface area (Å²) in [7, 11) is 0. The highest BCUT2D eigenvalue weighted by Gasteiger charge is 2.53. The maximum absolute atomic E-state index is 13.0. The zero-order valence-corrected chi connectivity index (χ0v) is 17.9. The number of Topliss-reactive ketones (excluding diaryl/α,β-unsaturated/α-hetero) is 2. The van der Waals surface area contributed by atoms with E-state index in [0.717, 1.165) is 43.4 Å². The van der Waals surface area contributed by atoms with Gasteiger partial charge in [-0.25, -0.2) is 0 Å². The molecule has 1 heterocycles. The van der Waals surface area contributed by atoms with Gasteiger partial charge in [0.1, 0.15) is 5.54 Å². The normalized spacial score (nSPS) is 25.7. The predicted octanol–water partition coefficient (Wildman–Crippen LogP) is 3.87. The van der Waals surface area contributed by atoms with Crippen LogP contribution in [0.15, 0.2) is 48.5 Å². The summed E-state index contributed by atoms with van der Waals surface area (Å²) in [6.07, 6.45) is 4.54. The van der Waals surface area contributed by atoms with Crippen molar-refractivity contribution in [2.24, 2.45) is 11.7 Å². The molecule has 166 valence electrons. The first-order valence-electron chi connectivity index (χ1n) is 11.4. The van der Waals surface area contributed by atoms with E-state index in [1.54, 1.807) is 12.1 Å². The summed E-state index contributed by atoms with van der Waals surface area (Å²) in [4.78, 5) is 38.5. The Hall–Kier alpha value is -2.99. The molecule has 5 rings (SSSR count). The first kappa shape index (κ1) is 20.9. The molecule has 0 saturated heterocycles. The van der Waals surface area contributed by atoms with Crippen LogP contribution < -0.4 is 11.1 Å². The van der Waals surface area contributed by atoms with Crippen LogP contribution in [-0.2, 0) is 9.59 Å². The Balaban J connectivity index is 1.44. The highest BCUT2D eigenvalue weighted by molar-refractivity contribution is 6.44. The molecule has 4 N–H and O–H groups in total. The lowest BCUT2D eigenvalue weighted by atomic mass is 9.66. The number of nitrogens with one attached hydrogen (secondary N) is 1. The number of ketones is 2. The summed E-state index contributed by atoms with van der Waals surface area (Å²) in [5, 5.41) is 13.7. The maximum Gasteiger partial charge on any atom is 0.324 e. The maximum atomic E-state index is 13.0. The van der Waals surface area contributed by atoms with Crippen LogP contribution in [0.1, 0.15) is 71.8 Å². The zero-order chi connectivity index (χ0) is 22.5. The number of benzene rings is 2. The van der Waals surface area contributed by atoms with Crippen molar-refractivity contribution in [1.29, 1.82) is 0 Å². The molecule has 4 atom stereocenters. The Kier molecular flexibility index (Phi) is 5.13. The molecule has 0 amide bonds. The number of para-hydroxylation sites is 1. The van der Waals surface area contributed by atoms with Gasteiger partial charge in [-0.15, -0.1) is 0 Å². The molecular formula is C26H28N2O4. The lowest BCUT2D eigenvalue weighted by Gasteiger charge is -2.44. The third-order valence-electron chi connectivity index (χ3n) is 7.52. The Bertz CT molecular complexity index is 1080. The molecule has 0 spiro atoms. The number of fused-ring (bicyclic) bond motifs is 2. The van der Waals surface area contributed by atoms with Crippen molar-refractivity contribution < 1.29 is 19.5 Å². The number of hydrogen-bond donors (Lipinski definition) is 3. The van der Waals surface area contributed by atoms with Gasteiger partial charge in [-0.1, -0.05) is 48.9 Å². The fraction of sp³-hybridized carbons (Fsp3) is 0.423. The molecule has 3 aliphatic rings. The fourth-order valence-electron chi connectivity index (χ4n) is 5.71. The van der Waals surface area contributed by atoms with E-state index in [4.69, 9.17) is 5.73 Å².